The van der Waals surface area contributed by atoms with Crippen molar-refractivity contribution in [2.75, 3.05) is 32.7 Å². The highest BCUT2D eigenvalue weighted by Gasteiger charge is 2.38. The Balaban J connectivity index is 0.00000133. The Hall–Kier alpha value is -0.570. The molecule has 3 rings (SSSR count). The molecule has 0 bridgehead atoms. The molecule has 0 aliphatic carbocycles. The molecule has 3 heteroatoms. The van der Waals surface area contributed by atoms with E-state index in [4.69, 9.17) is 0 Å². The quantitative estimate of drug-likeness (QED) is 0.916. The number of rotatable bonds is 3. The maximum Gasteiger partial charge on any atom is 0.00395 e. The van der Waals surface area contributed by atoms with Crippen molar-refractivity contribution in [2.45, 2.75) is 25.7 Å². The van der Waals surface area contributed by atoms with E-state index in [2.05, 4.69) is 40.5 Å². The van der Waals surface area contributed by atoms with Gasteiger partial charge >= 0.3 is 0 Å². The van der Waals surface area contributed by atoms with Gasteiger partial charge in [0.25, 0.3) is 0 Å². The first kappa shape index (κ1) is 14.8. The van der Waals surface area contributed by atoms with Gasteiger partial charge in [-0.05, 0) is 56.3 Å². The van der Waals surface area contributed by atoms with Crippen molar-refractivity contribution in [3.05, 3.63) is 35.9 Å². The molecule has 19 heavy (non-hydrogen) atoms. The van der Waals surface area contributed by atoms with E-state index in [1.54, 1.807) is 0 Å². The molecule has 106 valence electrons. The average molecular weight is 281 g/mol. The van der Waals surface area contributed by atoms with E-state index in [-0.39, 0.29) is 12.4 Å². The number of piperidine rings is 1. The lowest BCUT2D eigenvalue weighted by molar-refractivity contribution is 0.197. The number of hydrogen-bond donors (Lipinski definition) is 1. The molecule has 1 aromatic carbocycles. The van der Waals surface area contributed by atoms with E-state index in [9.17, 15) is 0 Å². The van der Waals surface area contributed by atoms with Crippen molar-refractivity contribution < 1.29 is 0 Å². The summed E-state index contributed by atoms with van der Waals surface area (Å²) in [5.41, 5.74) is 2.13. The Morgan fingerprint density at radius 3 is 2.53 bits per heavy atom. The summed E-state index contributed by atoms with van der Waals surface area (Å²) in [5, 5.41) is 3.49. The third kappa shape index (κ3) is 3.71. The van der Waals surface area contributed by atoms with Crippen molar-refractivity contribution in [1.29, 1.82) is 0 Å². The summed E-state index contributed by atoms with van der Waals surface area (Å²) in [6, 6.07) is 10.9. The fraction of sp³-hybridized carbons (Fsp3) is 0.625. The summed E-state index contributed by atoms with van der Waals surface area (Å²) >= 11 is 0. The largest absolute Gasteiger partial charge is 0.317 e. The van der Waals surface area contributed by atoms with Crippen LogP contribution in [0, 0.1) is 5.41 Å². The van der Waals surface area contributed by atoms with Gasteiger partial charge in [0.05, 0.1) is 0 Å². The van der Waals surface area contributed by atoms with Crippen LogP contribution in [-0.4, -0.2) is 37.6 Å². The molecule has 2 saturated heterocycles. The standard InChI is InChI=1S/C16H24N2.ClH/c1-2-4-15(5-3-1)6-12-18-13-9-16(14-18)7-10-17-11-8-16;/h1-5,17H,6-14H2;1H. The summed E-state index contributed by atoms with van der Waals surface area (Å²) in [6.45, 7) is 6.34. The van der Waals surface area contributed by atoms with Crippen LogP contribution in [0.5, 0.6) is 0 Å². The first-order valence-corrected chi connectivity index (χ1v) is 7.33. The molecule has 0 atom stereocenters. The monoisotopic (exact) mass is 280 g/mol. The smallest absolute Gasteiger partial charge is 0.00395 e. The highest BCUT2D eigenvalue weighted by Crippen LogP contribution is 2.38. The van der Waals surface area contributed by atoms with Crippen molar-refractivity contribution in [3.63, 3.8) is 0 Å². The minimum Gasteiger partial charge on any atom is -0.317 e. The molecule has 2 aliphatic heterocycles. The van der Waals surface area contributed by atoms with Crippen LogP contribution in [0.4, 0.5) is 0 Å². The lowest BCUT2D eigenvalue weighted by atomic mass is 9.78. The van der Waals surface area contributed by atoms with Crippen LogP contribution in [0.15, 0.2) is 30.3 Å². The zero-order valence-electron chi connectivity index (χ0n) is 11.6. The van der Waals surface area contributed by atoms with Gasteiger partial charge in [-0.2, -0.15) is 0 Å². The van der Waals surface area contributed by atoms with Gasteiger partial charge in [0.2, 0.25) is 0 Å². The molecule has 2 fully saturated rings. The highest BCUT2D eigenvalue weighted by molar-refractivity contribution is 5.85. The Morgan fingerprint density at radius 2 is 1.79 bits per heavy atom. The first-order valence-electron chi connectivity index (χ1n) is 7.33. The predicted molar refractivity (Wildman–Crippen MR) is 83.0 cm³/mol. The molecule has 2 nitrogen and oxygen atoms in total. The lowest BCUT2D eigenvalue weighted by Gasteiger charge is -2.33. The van der Waals surface area contributed by atoms with Gasteiger partial charge in [-0.3, -0.25) is 0 Å². The van der Waals surface area contributed by atoms with E-state index >= 15 is 0 Å². The van der Waals surface area contributed by atoms with Crippen molar-refractivity contribution in [2.24, 2.45) is 5.41 Å². The molecule has 2 aliphatic rings. The van der Waals surface area contributed by atoms with Gasteiger partial charge in [-0.15, -0.1) is 12.4 Å². The van der Waals surface area contributed by atoms with Gasteiger partial charge in [0.15, 0.2) is 0 Å². The van der Waals surface area contributed by atoms with Crippen molar-refractivity contribution in [1.82, 2.24) is 10.2 Å². The van der Waals surface area contributed by atoms with Crippen LogP contribution in [0.25, 0.3) is 0 Å². The van der Waals surface area contributed by atoms with E-state index < -0.39 is 0 Å². The maximum atomic E-state index is 3.49. The molecular formula is C16H25ClN2. The average Bonchev–Trinajstić information content (AvgIpc) is 2.82. The molecule has 1 aromatic rings. The number of halogens is 1. The van der Waals surface area contributed by atoms with Crippen LogP contribution in [0.3, 0.4) is 0 Å². The van der Waals surface area contributed by atoms with Gasteiger partial charge < -0.3 is 10.2 Å². The molecule has 0 amide bonds. The zero-order chi connectivity index (χ0) is 12.3. The summed E-state index contributed by atoms with van der Waals surface area (Å²) in [6.07, 6.45) is 5.39. The lowest BCUT2D eigenvalue weighted by Crippen LogP contribution is -2.38. The number of nitrogens with zero attached hydrogens (tertiary/aromatic N) is 1. The second kappa shape index (κ2) is 6.74. The Kier molecular flexibility index (Phi) is 5.26. The van der Waals surface area contributed by atoms with E-state index in [0.29, 0.717) is 5.41 Å². The summed E-state index contributed by atoms with van der Waals surface area (Å²) in [7, 11) is 0. The van der Waals surface area contributed by atoms with Crippen LogP contribution in [-0.2, 0) is 6.42 Å². The second-order valence-corrected chi connectivity index (χ2v) is 6.01. The minimum absolute atomic E-state index is 0. The number of benzene rings is 1. The molecule has 1 spiro atoms. The van der Waals surface area contributed by atoms with Gasteiger partial charge in [0.1, 0.15) is 0 Å². The minimum atomic E-state index is 0. The molecule has 0 aromatic heterocycles. The van der Waals surface area contributed by atoms with Crippen molar-refractivity contribution >= 4 is 12.4 Å². The molecule has 0 radical (unpaired) electrons. The zero-order valence-corrected chi connectivity index (χ0v) is 12.4. The first-order chi connectivity index (χ1) is 8.86. The molecule has 0 unspecified atom stereocenters. The fourth-order valence-corrected chi connectivity index (χ4v) is 3.52. The van der Waals surface area contributed by atoms with Crippen molar-refractivity contribution in [3.8, 4) is 0 Å². The van der Waals surface area contributed by atoms with E-state index in [1.807, 2.05) is 0 Å². The summed E-state index contributed by atoms with van der Waals surface area (Å²) in [4.78, 5) is 2.68. The highest BCUT2D eigenvalue weighted by atomic mass is 35.5. The third-order valence-electron chi connectivity index (χ3n) is 4.74. The Labute approximate surface area is 123 Å². The summed E-state index contributed by atoms with van der Waals surface area (Å²) < 4.78 is 0. The van der Waals surface area contributed by atoms with Crippen LogP contribution < -0.4 is 5.32 Å². The molecule has 2 heterocycles. The second-order valence-electron chi connectivity index (χ2n) is 6.01. The van der Waals surface area contributed by atoms with Crippen LogP contribution >= 0.6 is 12.4 Å². The fourth-order valence-electron chi connectivity index (χ4n) is 3.52. The topological polar surface area (TPSA) is 15.3 Å². The summed E-state index contributed by atoms with van der Waals surface area (Å²) in [5.74, 6) is 0. The van der Waals surface area contributed by atoms with Gasteiger partial charge in [-0.25, -0.2) is 0 Å². The van der Waals surface area contributed by atoms with E-state index in [1.165, 1.54) is 64.0 Å². The maximum absolute atomic E-state index is 3.49. The molecule has 1 N–H and O–H groups in total. The number of likely N-dealkylation sites (tertiary alicyclic amines) is 1. The Bertz CT molecular complexity index is 374. The number of nitrogens with one attached hydrogen (secondary N) is 1. The third-order valence-corrected chi connectivity index (χ3v) is 4.74. The predicted octanol–water partition coefficient (Wildman–Crippen LogP) is 2.73. The SMILES string of the molecule is Cl.c1ccc(CCN2CCC3(CCNCC3)C2)cc1. The van der Waals surface area contributed by atoms with E-state index in [0.717, 1.165) is 0 Å². The number of hydrogen-bond acceptors (Lipinski definition) is 2. The van der Waals surface area contributed by atoms with Crippen LogP contribution in [0.2, 0.25) is 0 Å². The van der Waals surface area contributed by atoms with Gasteiger partial charge in [0, 0.05) is 13.1 Å². The Morgan fingerprint density at radius 1 is 1.05 bits per heavy atom. The molecule has 0 saturated carbocycles. The van der Waals surface area contributed by atoms with Gasteiger partial charge in [-0.1, -0.05) is 30.3 Å². The van der Waals surface area contributed by atoms with Crippen LogP contribution in [0.1, 0.15) is 24.8 Å². The molecular weight excluding hydrogens is 256 g/mol. The normalized spacial score (nSPS) is 22.3.